The second kappa shape index (κ2) is 4.77. The average Bonchev–Trinajstić information content (AvgIpc) is 2.08. The van der Waals surface area contributed by atoms with E-state index in [1.165, 1.54) is 6.07 Å². The quantitative estimate of drug-likeness (QED) is 0.762. The van der Waals surface area contributed by atoms with Gasteiger partial charge in [-0.2, -0.15) is 0 Å². The fraction of sp³-hybridized carbons (Fsp3) is 0.500. The van der Waals surface area contributed by atoms with Crippen LogP contribution < -0.4 is 0 Å². The van der Waals surface area contributed by atoms with Gasteiger partial charge in [-0.1, -0.05) is 38.5 Å². The molecule has 16 heavy (non-hydrogen) atoms. The molecule has 0 heterocycles. The first-order valence-electron chi connectivity index (χ1n) is 5.55. The molecule has 0 fully saturated rings. The number of hydrogen-bond acceptors (Lipinski definition) is 1. The van der Waals surface area contributed by atoms with E-state index in [0.29, 0.717) is 12.0 Å². The van der Waals surface area contributed by atoms with Crippen molar-refractivity contribution in [1.82, 2.24) is 0 Å². The molecule has 1 rings (SSSR count). The van der Waals surface area contributed by atoms with E-state index in [0.717, 1.165) is 5.56 Å². The van der Waals surface area contributed by atoms with Crippen LogP contribution in [0.2, 0.25) is 0 Å². The van der Waals surface area contributed by atoms with E-state index in [4.69, 9.17) is 0 Å². The molecule has 0 bridgehead atoms. The van der Waals surface area contributed by atoms with Crippen molar-refractivity contribution < 1.29 is 9.18 Å². The molecule has 0 aromatic heterocycles. The molecule has 88 valence electrons. The largest absolute Gasteiger partial charge is 0.299 e. The summed E-state index contributed by atoms with van der Waals surface area (Å²) in [5.41, 5.74) is 1.46. The Morgan fingerprint density at radius 3 is 2.50 bits per heavy atom. The number of rotatable bonds is 3. The fourth-order valence-corrected chi connectivity index (χ4v) is 1.71. The molecule has 0 N–H and O–H groups in total. The van der Waals surface area contributed by atoms with Crippen LogP contribution in [-0.2, 0) is 11.2 Å². The number of benzene rings is 1. The minimum atomic E-state index is -0.284. The Morgan fingerprint density at radius 2 is 1.94 bits per heavy atom. The van der Waals surface area contributed by atoms with Gasteiger partial charge in [-0.25, -0.2) is 4.39 Å². The molecule has 0 aliphatic carbocycles. The van der Waals surface area contributed by atoms with E-state index >= 15 is 0 Å². The number of ketones is 1. The maximum Gasteiger partial charge on any atom is 0.137 e. The number of hydrogen-bond donors (Lipinski definition) is 0. The van der Waals surface area contributed by atoms with Crippen LogP contribution in [0.5, 0.6) is 0 Å². The summed E-state index contributed by atoms with van der Waals surface area (Å²) in [4.78, 5) is 11.7. The van der Waals surface area contributed by atoms with Gasteiger partial charge >= 0.3 is 0 Å². The molecule has 0 aliphatic heterocycles. The van der Waals surface area contributed by atoms with Crippen molar-refractivity contribution in [2.24, 2.45) is 5.41 Å². The molecule has 1 nitrogen and oxygen atoms in total. The number of carbonyl (C=O) groups excluding carboxylic acids is 1. The third kappa shape index (κ3) is 4.13. The minimum absolute atomic E-state index is 0.0304. The van der Waals surface area contributed by atoms with Crippen LogP contribution in [0.15, 0.2) is 18.2 Å². The van der Waals surface area contributed by atoms with E-state index in [1.54, 1.807) is 12.1 Å². The minimum Gasteiger partial charge on any atom is -0.299 e. The summed E-state index contributed by atoms with van der Waals surface area (Å²) in [6.07, 6.45) is 0.686. The Morgan fingerprint density at radius 1 is 1.31 bits per heavy atom. The Hall–Kier alpha value is -1.18. The second-order valence-corrected chi connectivity index (χ2v) is 5.55. The third-order valence-corrected chi connectivity index (χ3v) is 2.32. The summed E-state index contributed by atoms with van der Waals surface area (Å²) >= 11 is 0. The molecule has 0 unspecified atom stereocenters. The Labute approximate surface area is 96.7 Å². The average molecular weight is 222 g/mol. The van der Waals surface area contributed by atoms with Crippen LogP contribution in [0, 0.1) is 18.2 Å². The summed E-state index contributed by atoms with van der Waals surface area (Å²) in [5, 5.41) is 0. The highest BCUT2D eigenvalue weighted by molar-refractivity contribution is 5.81. The highest BCUT2D eigenvalue weighted by atomic mass is 19.1. The van der Waals surface area contributed by atoms with Crippen LogP contribution in [-0.4, -0.2) is 5.78 Å². The first kappa shape index (κ1) is 12.9. The van der Waals surface area contributed by atoms with Gasteiger partial charge in [-0.15, -0.1) is 0 Å². The molecule has 0 atom stereocenters. The van der Waals surface area contributed by atoms with E-state index in [1.807, 2.05) is 27.7 Å². The fourth-order valence-electron chi connectivity index (χ4n) is 1.71. The van der Waals surface area contributed by atoms with Crippen LogP contribution in [0.1, 0.15) is 38.3 Å². The lowest BCUT2D eigenvalue weighted by molar-refractivity contribution is -0.120. The summed E-state index contributed by atoms with van der Waals surface area (Å²) in [6, 6.07) is 4.89. The molecule has 0 saturated heterocycles. The topological polar surface area (TPSA) is 17.1 Å². The lowest BCUT2D eigenvalue weighted by Gasteiger charge is -2.16. The normalized spacial score (nSPS) is 11.6. The maximum absolute atomic E-state index is 13.4. The molecule has 0 radical (unpaired) electrons. The summed E-state index contributed by atoms with van der Waals surface area (Å²) in [5.74, 6) is -0.190. The van der Waals surface area contributed by atoms with E-state index in [2.05, 4.69) is 0 Å². The Balaban J connectivity index is 2.73. The highest BCUT2D eigenvalue weighted by Crippen LogP contribution is 2.20. The van der Waals surface area contributed by atoms with E-state index in [9.17, 15) is 9.18 Å². The maximum atomic E-state index is 13.4. The number of halogens is 1. The van der Waals surface area contributed by atoms with Gasteiger partial charge in [0.15, 0.2) is 0 Å². The first-order chi connectivity index (χ1) is 7.28. The Kier molecular flexibility index (Phi) is 3.84. The second-order valence-electron chi connectivity index (χ2n) is 5.55. The molecule has 1 aromatic rings. The van der Waals surface area contributed by atoms with Crippen LogP contribution in [0.3, 0.4) is 0 Å². The van der Waals surface area contributed by atoms with Gasteiger partial charge in [0.25, 0.3) is 0 Å². The number of Topliss-reactive ketones (excluding diaryl/α,β-unsaturated/α-hetero) is 1. The van der Waals surface area contributed by atoms with Gasteiger partial charge in [0, 0.05) is 12.8 Å². The van der Waals surface area contributed by atoms with Gasteiger partial charge in [0.2, 0.25) is 0 Å². The molecule has 0 spiro atoms. The predicted octanol–water partition coefficient (Wildman–Crippen LogP) is 3.68. The lowest BCUT2D eigenvalue weighted by Crippen LogP contribution is -2.15. The zero-order valence-electron chi connectivity index (χ0n) is 10.4. The van der Waals surface area contributed by atoms with E-state index in [-0.39, 0.29) is 23.4 Å². The van der Waals surface area contributed by atoms with Crippen molar-refractivity contribution in [3.63, 3.8) is 0 Å². The molecular formula is C14H19FO. The molecule has 1 aromatic carbocycles. The summed E-state index contributed by atoms with van der Waals surface area (Å²) in [6.45, 7) is 7.93. The zero-order valence-corrected chi connectivity index (χ0v) is 10.4. The van der Waals surface area contributed by atoms with Gasteiger partial charge in [-0.3, -0.25) is 4.79 Å². The first-order valence-corrected chi connectivity index (χ1v) is 5.55. The van der Waals surface area contributed by atoms with Crippen LogP contribution in [0.25, 0.3) is 0 Å². The number of aryl methyl sites for hydroxylation is 1. The van der Waals surface area contributed by atoms with Crippen LogP contribution >= 0.6 is 0 Å². The lowest BCUT2D eigenvalue weighted by atomic mass is 9.88. The van der Waals surface area contributed by atoms with Gasteiger partial charge in [0.05, 0.1) is 0 Å². The molecule has 0 saturated carbocycles. The smallest absolute Gasteiger partial charge is 0.137 e. The summed E-state index contributed by atoms with van der Waals surface area (Å²) in [7, 11) is 0. The van der Waals surface area contributed by atoms with Gasteiger partial charge in [0.1, 0.15) is 11.6 Å². The summed E-state index contributed by atoms with van der Waals surface area (Å²) < 4.78 is 13.4. The predicted molar refractivity (Wildman–Crippen MR) is 63.9 cm³/mol. The molecule has 0 amide bonds. The molecular weight excluding hydrogens is 203 g/mol. The van der Waals surface area contributed by atoms with Crippen molar-refractivity contribution in [3.05, 3.63) is 35.1 Å². The number of carbonyl (C=O) groups is 1. The monoisotopic (exact) mass is 222 g/mol. The Bertz CT molecular complexity index is 388. The molecule has 2 heteroatoms. The van der Waals surface area contributed by atoms with Crippen molar-refractivity contribution in [2.45, 2.75) is 40.5 Å². The van der Waals surface area contributed by atoms with Gasteiger partial charge in [-0.05, 0) is 24.0 Å². The highest BCUT2D eigenvalue weighted by Gasteiger charge is 2.17. The SMILES string of the molecule is Cc1ccc(F)c(CC(=O)CC(C)(C)C)c1. The standard InChI is InChI=1S/C14H19FO/c1-10-5-6-13(15)11(7-10)8-12(16)9-14(2,3)4/h5-7H,8-9H2,1-4H3. The third-order valence-electron chi connectivity index (χ3n) is 2.32. The van der Waals surface area contributed by atoms with E-state index < -0.39 is 0 Å². The van der Waals surface area contributed by atoms with Crippen LogP contribution in [0.4, 0.5) is 4.39 Å². The van der Waals surface area contributed by atoms with Crippen molar-refractivity contribution >= 4 is 5.78 Å². The zero-order chi connectivity index (χ0) is 12.3. The van der Waals surface area contributed by atoms with Crippen molar-refractivity contribution in [3.8, 4) is 0 Å². The van der Waals surface area contributed by atoms with Crippen molar-refractivity contribution in [2.75, 3.05) is 0 Å². The molecule has 0 aliphatic rings. The van der Waals surface area contributed by atoms with Crippen molar-refractivity contribution in [1.29, 1.82) is 0 Å². The van der Waals surface area contributed by atoms with Gasteiger partial charge < -0.3 is 0 Å².